The molecule has 0 unspecified atom stereocenters. The van der Waals surface area contributed by atoms with Crippen LogP contribution in [0.3, 0.4) is 0 Å². The zero-order chi connectivity index (χ0) is 14.5. The minimum Gasteiger partial charge on any atom is -0.378 e. The van der Waals surface area contributed by atoms with Crippen LogP contribution in [0.25, 0.3) is 0 Å². The second-order valence-electron chi connectivity index (χ2n) is 5.54. The van der Waals surface area contributed by atoms with Crippen LogP contribution in [-0.4, -0.2) is 50.4 Å². The first-order valence-corrected chi connectivity index (χ1v) is 7.61. The highest BCUT2D eigenvalue weighted by molar-refractivity contribution is 5.74. The molecule has 5 heteroatoms. The lowest BCUT2D eigenvalue weighted by Gasteiger charge is -2.28. The quantitative estimate of drug-likeness (QED) is 0.923. The van der Waals surface area contributed by atoms with Crippen molar-refractivity contribution in [3.63, 3.8) is 0 Å². The second-order valence-corrected chi connectivity index (χ2v) is 5.54. The summed E-state index contributed by atoms with van der Waals surface area (Å²) in [5.41, 5.74) is 1.20. The van der Waals surface area contributed by atoms with Crippen molar-refractivity contribution >= 4 is 6.03 Å². The Bertz CT molecular complexity index is 460. The number of rotatable bonds is 3. The lowest BCUT2D eigenvalue weighted by Crippen LogP contribution is -2.47. The zero-order valence-electron chi connectivity index (χ0n) is 12.2. The van der Waals surface area contributed by atoms with Gasteiger partial charge in [0.05, 0.1) is 19.3 Å². The summed E-state index contributed by atoms with van der Waals surface area (Å²) >= 11 is 0. The number of morpholine rings is 1. The van der Waals surface area contributed by atoms with Gasteiger partial charge in [-0.15, -0.1) is 0 Å². The van der Waals surface area contributed by atoms with Crippen molar-refractivity contribution in [1.29, 1.82) is 0 Å². The van der Waals surface area contributed by atoms with Gasteiger partial charge < -0.3 is 19.7 Å². The average Bonchev–Trinajstić information content (AvgIpc) is 3.03. The third-order valence-electron chi connectivity index (χ3n) is 4.16. The topological polar surface area (TPSA) is 50.8 Å². The Labute approximate surface area is 125 Å². The SMILES string of the molecule is O=C(NC[C@H]1CCO[C@@H]1c1ccccc1)N1CCOCC1. The number of carbonyl (C=O) groups excluding carboxylic acids is 1. The van der Waals surface area contributed by atoms with Crippen molar-refractivity contribution in [3.8, 4) is 0 Å². The predicted molar refractivity (Wildman–Crippen MR) is 79.0 cm³/mol. The molecular formula is C16H22N2O3. The normalized spacial score (nSPS) is 25.8. The molecule has 2 amide bonds. The number of nitrogens with one attached hydrogen (secondary N) is 1. The Hall–Kier alpha value is -1.59. The van der Waals surface area contributed by atoms with E-state index in [0.717, 1.165) is 13.0 Å². The highest BCUT2D eigenvalue weighted by atomic mass is 16.5. The Kier molecular flexibility index (Phi) is 4.72. The molecule has 0 radical (unpaired) electrons. The molecule has 2 fully saturated rings. The van der Waals surface area contributed by atoms with Crippen molar-refractivity contribution in [2.75, 3.05) is 39.5 Å². The fraction of sp³-hybridized carbons (Fsp3) is 0.562. The molecule has 3 rings (SSSR count). The van der Waals surface area contributed by atoms with Crippen molar-refractivity contribution in [2.45, 2.75) is 12.5 Å². The van der Waals surface area contributed by atoms with Gasteiger partial charge in [0.25, 0.3) is 0 Å². The van der Waals surface area contributed by atoms with Crippen LogP contribution < -0.4 is 5.32 Å². The molecule has 114 valence electrons. The first-order valence-electron chi connectivity index (χ1n) is 7.61. The molecule has 0 aliphatic carbocycles. The summed E-state index contributed by atoms with van der Waals surface area (Å²) < 4.78 is 11.1. The predicted octanol–water partition coefficient (Wildman–Crippen LogP) is 1.81. The van der Waals surface area contributed by atoms with E-state index in [2.05, 4.69) is 17.4 Å². The number of nitrogens with zero attached hydrogens (tertiary/aromatic N) is 1. The molecule has 2 heterocycles. The van der Waals surface area contributed by atoms with Crippen LogP contribution in [0, 0.1) is 5.92 Å². The summed E-state index contributed by atoms with van der Waals surface area (Å²) in [5.74, 6) is 0.345. The summed E-state index contributed by atoms with van der Waals surface area (Å²) in [6.07, 6.45) is 1.08. The van der Waals surface area contributed by atoms with E-state index in [9.17, 15) is 4.79 Å². The molecule has 2 aliphatic heterocycles. The van der Waals surface area contributed by atoms with Crippen LogP contribution in [0.2, 0.25) is 0 Å². The first kappa shape index (κ1) is 14.4. The number of ether oxygens (including phenoxy) is 2. The lowest BCUT2D eigenvalue weighted by molar-refractivity contribution is 0.0522. The molecule has 2 saturated heterocycles. The van der Waals surface area contributed by atoms with Crippen LogP contribution >= 0.6 is 0 Å². The van der Waals surface area contributed by atoms with E-state index in [1.165, 1.54) is 5.56 Å². The van der Waals surface area contributed by atoms with E-state index in [1.807, 2.05) is 23.1 Å². The molecule has 1 N–H and O–H groups in total. The summed E-state index contributed by atoms with van der Waals surface area (Å²) in [5, 5.41) is 3.05. The van der Waals surface area contributed by atoms with E-state index in [0.29, 0.717) is 38.8 Å². The van der Waals surface area contributed by atoms with Gasteiger partial charge in [0.15, 0.2) is 0 Å². The minimum atomic E-state index is 0.0111. The molecule has 0 saturated carbocycles. The van der Waals surface area contributed by atoms with Gasteiger partial charge in [-0.25, -0.2) is 4.79 Å². The van der Waals surface area contributed by atoms with Gasteiger partial charge in [-0.2, -0.15) is 0 Å². The molecular weight excluding hydrogens is 268 g/mol. The molecule has 21 heavy (non-hydrogen) atoms. The van der Waals surface area contributed by atoms with E-state index in [4.69, 9.17) is 9.47 Å². The number of amides is 2. The van der Waals surface area contributed by atoms with Gasteiger partial charge in [-0.1, -0.05) is 30.3 Å². The van der Waals surface area contributed by atoms with Crippen LogP contribution in [0.15, 0.2) is 30.3 Å². The summed E-state index contributed by atoms with van der Waals surface area (Å²) in [6.45, 7) is 4.04. The van der Waals surface area contributed by atoms with Crippen molar-refractivity contribution < 1.29 is 14.3 Å². The Morgan fingerprint density at radius 3 is 2.71 bits per heavy atom. The van der Waals surface area contributed by atoms with Gasteiger partial charge in [-0.05, 0) is 12.0 Å². The first-order chi connectivity index (χ1) is 10.3. The molecule has 5 nitrogen and oxygen atoms in total. The minimum absolute atomic E-state index is 0.0111. The van der Waals surface area contributed by atoms with Crippen molar-refractivity contribution in [3.05, 3.63) is 35.9 Å². The van der Waals surface area contributed by atoms with Gasteiger partial charge in [0.2, 0.25) is 0 Å². The second kappa shape index (κ2) is 6.91. The van der Waals surface area contributed by atoms with Gasteiger partial charge in [0, 0.05) is 32.2 Å². The highest BCUT2D eigenvalue weighted by Crippen LogP contribution is 2.33. The van der Waals surface area contributed by atoms with E-state index < -0.39 is 0 Å². The van der Waals surface area contributed by atoms with E-state index in [-0.39, 0.29) is 12.1 Å². The third-order valence-corrected chi connectivity index (χ3v) is 4.16. The average molecular weight is 290 g/mol. The summed E-state index contributed by atoms with van der Waals surface area (Å²) in [4.78, 5) is 13.9. The monoisotopic (exact) mass is 290 g/mol. The van der Waals surface area contributed by atoms with Crippen LogP contribution in [-0.2, 0) is 9.47 Å². The number of hydrogen-bond donors (Lipinski definition) is 1. The summed E-state index contributed by atoms with van der Waals surface area (Å²) in [6, 6.07) is 10.3. The largest absolute Gasteiger partial charge is 0.378 e. The molecule has 1 aromatic rings. The highest BCUT2D eigenvalue weighted by Gasteiger charge is 2.30. The van der Waals surface area contributed by atoms with Crippen LogP contribution in [0.5, 0.6) is 0 Å². The maximum atomic E-state index is 12.1. The van der Waals surface area contributed by atoms with E-state index in [1.54, 1.807) is 0 Å². The standard InChI is InChI=1S/C16H22N2O3/c19-16(18-7-10-20-11-8-18)17-12-14-6-9-21-15(14)13-4-2-1-3-5-13/h1-5,14-15H,6-12H2,(H,17,19)/t14-,15-/m1/s1. The third kappa shape index (κ3) is 3.54. The maximum absolute atomic E-state index is 12.1. The Morgan fingerprint density at radius 2 is 1.95 bits per heavy atom. The fourth-order valence-corrected chi connectivity index (χ4v) is 2.95. The zero-order valence-corrected chi connectivity index (χ0v) is 12.2. The molecule has 2 aliphatic rings. The van der Waals surface area contributed by atoms with Crippen molar-refractivity contribution in [2.24, 2.45) is 5.92 Å². The Morgan fingerprint density at radius 1 is 1.19 bits per heavy atom. The molecule has 2 atom stereocenters. The van der Waals surface area contributed by atoms with Gasteiger partial charge in [0.1, 0.15) is 0 Å². The smallest absolute Gasteiger partial charge is 0.317 e. The van der Waals surface area contributed by atoms with Gasteiger partial charge >= 0.3 is 6.03 Å². The maximum Gasteiger partial charge on any atom is 0.317 e. The van der Waals surface area contributed by atoms with Crippen molar-refractivity contribution in [1.82, 2.24) is 10.2 Å². The molecule has 0 spiro atoms. The number of carbonyl (C=O) groups is 1. The van der Waals surface area contributed by atoms with Crippen LogP contribution in [0.1, 0.15) is 18.1 Å². The number of benzene rings is 1. The molecule has 1 aromatic carbocycles. The summed E-state index contributed by atoms with van der Waals surface area (Å²) in [7, 11) is 0. The van der Waals surface area contributed by atoms with Gasteiger partial charge in [-0.3, -0.25) is 0 Å². The molecule has 0 bridgehead atoms. The lowest BCUT2D eigenvalue weighted by atomic mass is 9.95. The Balaban J connectivity index is 1.53. The fourth-order valence-electron chi connectivity index (χ4n) is 2.95. The van der Waals surface area contributed by atoms with E-state index >= 15 is 0 Å². The van der Waals surface area contributed by atoms with Crippen LogP contribution in [0.4, 0.5) is 4.79 Å². The number of urea groups is 1. The molecule has 0 aromatic heterocycles. The number of hydrogen-bond acceptors (Lipinski definition) is 3.